The molecule has 0 spiro atoms. The van der Waals surface area contributed by atoms with E-state index in [0.717, 1.165) is 10.5 Å². The summed E-state index contributed by atoms with van der Waals surface area (Å²) in [7, 11) is 7.23. The van der Waals surface area contributed by atoms with E-state index in [4.69, 9.17) is 33.2 Å². The predicted molar refractivity (Wildman–Crippen MR) is 195 cm³/mol. The number of benzene rings is 4. The first-order chi connectivity index (χ1) is 25.1. The maximum atomic E-state index is 15.2. The van der Waals surface area contributed by atoms with Gasteiger partial charge in [-0.15, -0.1) is 6.58 Å². The molecule has 0 unspecified atom stereocenters. The molecule has 0 bridgehead atoms. The molecule has 1 heterocycles. The van der Waals surface area contributed by atoms with Gasteiger partial charge in [0.15, 0.2) is 28.6 Å². The van der Waals surface area contributed by atoms with Crippen LogP contribution in [0.1, 0.15) is 42.2 Å². The Bertz CT molecular complexity index is 1790. The minimum absolute atomic E-state index is 0.0358. The van der Waals surface area contributed by atoms with Gasteiger partial charge in [-0.25, -0.2) is 9.69 Å². The van der Waals surface area contributed by atoms with Crippen LogP contribution in [0.3, 0.4) is 0 Å². The fourth-order valence-corrected chi connectivity index (χ4v) is 6.83. The standard InChI is InChI=1S/C41H45NO10/c1-9-16-26-21-30(46-4)36(31(22-26)47-5)51-37(34(43)27-23-32(48-6)35(50-8)33(24-27)49-7)39(44)42-38(25(2)3)41(52-40(42)45,28-17-12-10-13-18-28)29-19-14-11-15-20-29/h9-15,17-25,34,37-38,43H,1,16H2,2-8H3/t34-,37+,38+/m1/s1. The second kappa shape index (κ2) is 16.1. The molecule has 1 aliphatic heterocycles. The highest BCUT2D eigenvalue weighted by Crippen LogP contribution is 2.49. The third kappa shape index (κ3) is 6.83. The zero-order valence-electron chi connectivity index (χ0n) is 30.5. The number of hydrogen-bond donors (Lipinski definition) is 1. The lowest BCUT2D eigenvalue weighted by Gasteiger charge is -2.38. The van der Waals surface area contributed by atoms with Crippen molar-refractivity contribution >= 4 is 12.0 Å². The predicted octanol–water partition coefficient (Wildman–Crippen LogP) is 6.89. The summed E-state index contributed by atoms with van der Waals surface area (Å²) in [4.78, 5) is 30.5. The monoisotopic (exact) mass is 711 g/mol. The first kappa shape index (κ1) is 37.6. The molecule has 1 fully saturated rings. The molecule has 5 rings (SSSR count). The van der Waals surface area contributed by atoms with Crippen LogP contribution in [0.15, 0.2) is 97.6 Å². The number of imide groups is 1. The number of rotatable bonds is 15. The Kier molecular flexibility index (Phi) is 11.6. The molecule has 52 heavy (non-hydrogen) atoms. The summed E-state index contributed by atoms with van der Waals surface area (Å²) in [5.74, 6) is 0.0580. The van der Waals surface area contributed by atoms with Crippen LogP contribution < -0.4 is 28.4 Å². The van der Waals surface area contributed by atoms with Crippen molar-refractivity contribution in [1.29, 1.82) is 0 Å². The smallest absolute Gasteiger partial charge is 0.418 e. The van der Waals surface area contributed by atoms with Crippen LogP contribution >= 0.6 is 0 Å². The van der Waals surface area contributed by atoms with E-state index in [-0.39, 0.29) is 46.0 Å². The molecule has 11 heteroatoms. The third-order valence-corrected chi connectivity index (χ3v) is 9.12. The van der Waals surface area contributed by atoms with E-state index in [9.17, 15) is 9.90 Å². The van der Waals surface area contributed by atoms with Crippen molar-refractivity contribution in [3.05, 3.63) is 120 Å². The van der Waals surface area contributed by atoms with Crippen molar-refractivity contribution in [2.75, 3.05) is 35.5 Å². The van der Waals surface area contributed by atoms with Crippen molar-refractivity contribution in [3.63, 3.8) is 0 Å². The van der Waals surface area contributed by atoms with Crippen LogP contribution in [-0.2, 0) is 21.6 Å². The van der Waals surface area contributed by atoms with E-state index in [1.54, 1.807) is 18.2 Å². The van der Waals surface area contributed by atoms with Crippen molar-refractivity contribution in [2.24, 2.45) is 5.92 Å². The second-order valence-corrected chi connectivity index (χ2v) is 12.5. The van der Waals surface area contributed by atoms with Gasteiger partial charge in [0, 0.05) is 11.1 Å². The number of allylic oxidation sites excluding steroid dienone is 1. The molecule has 4 aromatic rings. The molecule has 0 saturated carbocycles. The number of amides is 2. The number of ether oxygens (including phenoxy) is 7. The van der Waals surface area contributed by atoms with E-state index in [2.05, 4.69) is 6.58 Å². The highest BCUT2D eigenvalue weighted by atomic mass is 16.6. The Balaban J connectivity index is 1.72. The largest absolute Gasteiger partial charge is 0.493 e. The Morgan fingerprint density at radius 3 is 1.71 bits per heavy atom. The van der Waals surface area contributed by atoms with Crippen LogP contribution in [0.4, 0.5) is 4.79 Å². The molecular weight excluding hydrogens is 666 g/mol. The number of hydrogen-bond acceptors (Lipinski definition) is 10. The lowest BCUT2D eigenvalue weighted by atomic mass is 9.75. The fourth-order valence-electron chi connectivity index (χ4n) is 6.83. The molecule has 1 saturated heterocycles. The Hall–Kier alpha value is -5.68. The van der Waals surface area contributed by atoms with Crippen LogP contribution in [0.25, 0.3) is 0 Å². The minimum atomic E-state index is -1.76. The number of nitrogens with zero attached hydrogens (tertiary/aromatic N) is 1. The number of carbonyl (C=O) groups is 2. The Labute approximate surface area is 304 Å². The zero-order valence-corrected chi connectivity index (χ0v) is 30.5. The fraction of sp³-hybridized carbons (Fsp3) is 0.317. The van der Waals surface area contributed by atoms with E-state index in [0.29, 0.717) is 17.5 Å². The lowest BCUT2D eigenvalue weighted by molar-refractivity contribution is -0.143. The molecule has 0 aromatic heterocycles. The van der Waals surface area contributed by atoms with Gasteiger partial charge in [0.2, 0.25) is 17.6 Å². The SMILES string of the molecule is C=CCc1cc(OC)c(O[C@H](C(=O)N2C(=O)OC(c3ccccc3)(c3ccccc3)[C@@H]2C(C)C)[C@H](O)c2cc(OC)c(OC)c(OC)c2)c(OC)c1. The van der Waals surface area contributed by atoms with E-state index in [1.807, 2.05) is 74.5 Å². The molecule has 0 radical (unpaired) electrons. The van der Waals surface area contributed by atoms with Gasteiger partial charge in [-0.1, -0.05) is 80.6 Å². The Morgan fingerprint density at radius 1 is 0.808 bits per heavy atom. The van der Waals surface area contributed by atoms with Gasteiger partial charge >= 0.3 is 6.09 Å². The highest BCUT2D eigenvalue weighted by molar-refractivity contribution is 5.97. The van der Waals surface area contributed by atoms with Crippen LogP contribution in [0.2, 0.25) is 0 Å². The first-order valence-corrected chi connectivity index (χ1v) is 16.8. The number of aliphatic hydroxyl groups is 1. The molecule has 0 aliphatic carbocycles. The maximum Gasteiger partial charge on any atom is 0.418 e. The Morgan fingerprint density at radius 2 is 1.29 bits per heavy atom. The summed E-state index contributed by atoms with van der Waals surface area (Å²) in [6.45, 7) is 7.63. The second-order valence-electron chi connectivity index (χ2n) is 12.5. The van der Waals surface area contributed by atoms with Crippen LogP contribution in [-0.4, -0.2) is 69.7 Å². The number of cyclic esters (lactones) is 1. The molecular formula is C41H45NO10. The highest BCUT2D eigenvalue weighted by Gasteiger charge is 2.60. The normalized spacial score (nSPS) is 16.1. The van der Waals surface area contributed by atoms with Gasteiger partial charge in [-0.3, -0.25) is 4.79 Å². The topological polar surface area (TPSA) is 122 Å². The van der Waals surface area contributed by atoms with Crippen LogP contribution in [0, 0.1) is 5.92 Å². The number of aliphatic hydroxyl groups excluding tert-OH is 1. The van der Waals surface area contributed by atoms with Crippen molar-refractivity contribution in [1.82, 2.24) is 4.90 Å². The summed E-state index contributed by atoms with van der Waals surface area (Å²) in [5, 5.41) is 12.2. The molecule has 3 atom stereocenters. The summed E-state index contributed by atoms with van der Waals surface area (Å²) in [5.41, 5.74) is 0.940. The van der Waals surface area contributed by atoms with Gasteiger partial charge in [0.05, 0.1) is 41.6 Å². The zero-order chi connectivity index (χ0) is 37.6. The molecule has 1 N–H and O–H groups in total. The quantitative estimate of drug-likeness (QED) is 0.131. The molecule has 11 nitrogen and oxygen atoms in total. The van der Waals surface area contributed by atoms with E-state index >= 15 is 4.79 Å². The van der Waals surface area contributed by atoms with E-state index < -0.39 is 35.9 Å². The maximum absolute atomic E-state index is 15.2. The van der Waals surface area contributed by atoms with Crippen molar-refractivity contribution in [2.45, 2.75) is 44.1 Å². The number of carbonyl (C=O) groups excluding carboxylic acids is 2. The van der Waals surface area contributed by atoms with Gasteiger partial charge in [-0.2, -0.15) is 0 Å². The first-order valence-electron chi connectivity index (χ1n) is 16.8. The molecule has 1 aliphatic rings. The molecule has 2 amide bonds. The average molecular weight is 712 g/mol. The molecule has 4 aromatic carbocycles. The third-order valence-electron chi connectivity index (χ3n) is 9.12. The van der Waals surface area contributed by atoms with E-state index in [1.165, 1.54) is 47.7 Å². The van der Waals surface area contributed by atoms with Gasteiger partial charge in [0.25, 0.3) is 5.91 Å². The van der Waals surface area contributed by atoms with Crippen molar-refractivity contribution < 1.29 is 47.9 Å². The molecule has 274 valence electrons. The summed E-state index contributed by atoms with van der Waals surface area (Å²) in [6.07, 6.45) is -2.13. The van der Waals surface area contributed by atoms with Gasteiger partial charge < -0.3 is 38.3 Å². The average Bonchev–Trinajstić information content (AvgIpc) is 3.50. The van der Waals surface area contributed by atoms with Crippen molar-refractivity contribution in [3.8, 4) is 34.5 Å². The van der Waals surface area contributed by atoms with Gasteiger partial charge in [0.1, 0.15) is 6.10 Å². The summed E-state index contributed by atoms with van der Waals surface area (Å²) >= 11 is 0. The summed E-state index contributed by atoms with van der Waals surface area (Å²) in [6, 6.07) is 24.2. The minimum Gasteiger partial charge on any atom is -0.493 e. The van der Waals surface area contributed by atoms with Gasteiger partial charge in [-0.05, 0) is 47.7 Å². The van der Waals surface area contributed by atoms with Crippen LogP contribution in [0.5, 0.6) is 34.5 Å². The lowest BCUT2D eigenvalue weighted by Crippen LogP contribution is -2.54. The summed E-state index contributed by atoms with van der Waals surface area (Å²) < 4.78 is 40.9. The number of methoxy groups -OCH3 is 5.